The molecule has 0 aliphatic rings. The summed E-state index contributed by atoms with van der Waals surface area (Å²) in [5, 5.41) is 10.2. The predicted molar refractivity (Wildman–Crippen MR) is 93.6 cm³/mol. The van der Waals surface area contributed by atoms with Gasteiger partial charge in [0.25, 0.3) is 0 Å². The fourth-order valence-electron chi connectivity index (χ4n) is 2.08. The van der Waals surface area contributed by atoms with Crippen molar-refractivity contribution < 1.29 is 41.4 Å². The summed E-state index contributed by atoms with van der Waals surface area (Å²) in [6.45, 7) is 4.00. The molecule has 0 fully saturated rings. The van der Waals surface area contributed by atoms with Gasteiger partial charge in [-0.2, -0.15) is 13.2 Å². The number of nitrogen functional groups attached to an aromatic ring is 1. The molecular formula is C18H15F5N2O4. The highest BCUT2D eigenvalue weighted by molar-refractivity contribution is 6.11. The van der Waals surface area contributed by atoms with Crippen LogP contribution in [0.5, 0.6) is 0 Å². The first-order valence-electron chi connectivity index (χ1n) is 7.97. The summed E-state index contributed by atoms with van der Waals surface area (Å²) in [5.74, 6) is -8.54. The first kappa shape index (κ1) is 23.5. The third-order valence-corrected chi connectivity index (χ3v) is 3.37. The first-order valence-corrected chi connectivity index (χ1v) is 7.97. The van der Waals surface area contributed by atoms with Gasteiger partial charge in [-0.3, -0.25) is 9.59 Å². The molecule has 0 unspecified atom stereocenters. The number of hydrogen-bond acceptors (Lipinski definition) is 4. The van der Waals surface area contributed by atoms with E-state index in [1.165, 1.54) is 5.32 Å². The highest BCUT2D eigenvalue weighted by Gasteiger charge is 2.39. The second-order valence-electron chi connectivity index (χ2n) is 5.17. The summed E-state index contributed by atoms with van der Waals surface area (Å²) in [4.78, 5) is 34.3. The fraction of sp³-hybridized carbons (Fsp3) is 0.167. The number of benzene rings is 2. The molecule has 0 saturated heterocycles. The molecule has 0 aliphatic carbocycles. The smallest absolute Gasteiger partial charge is 0.471 e. The van der Waals surface area contributed by atoms with Gasteiger partial charge in [0, 0.05) is 11.3 Å². The number of anilines is 2. The zero-order valence-electron chi connectivity index (χ0n) is 15.0. The number of nitrogens with two attached hydrogens (primary N) is 1. The van der Waals surface area contributed by atoms with Gasteiger partial charge in [-0.1, -0.05) is 13.8 Å². The van der Waals surface area contributed by atoms with Crippen molar-refractivity contribution in [3.63, 3.8) is 0 Å². The molecule has 156 valence electrons. The predicted octanol–water partition coefficient (Wildman–Crippen LogP) is 4.00. The van der Waals surface area contributed by atoms with Gasteiger partial charge < -0.3 is 16.2 Å². The van der Waals surface area contributed by atoms with Crippen LogP contribution in [0.4, 0.5) is 33.3 Å². The number of carboxylic acids is 1. The van der Waals surface area contributed by atoms with E-state index in [0.29, 0.717) is 12.1 Å². The number of amides is 1. The Kier molecular flexibility index (Phi) is 7.41. The topological polar surface area (TPSA) is 109 Å². The lowest BCUT2D eigenvalue weighted by molar-refractivity contribution is -0.167. The number of carboxylic acid groups (broad SMARTS) is 1. The maximum Gasteiger partial charge on any atom is 0.471 e. The van der Waals surface area contributed by atoms with E-state index < -0.39 is 57.8 Å². The van der Waals surface area contributed by atoms with Crippen molar-refractivity contribution in [3.05, 3.63) is 58.7 Å². The number of ketones is 1. The van der Waals surface area contributed by atoms with Gasteiger partial charge >= 0.3 is 18.1 Å². The van der Waals surface area contributed by atoms with Crippen molar-refractivity contribution in [2.75, 3.05) is 11.1 Å². The van der Waals surface area contributed by atoms with Crippen LogP contribution in [0.3, 0.4) is 0 Å². The number of alkyl halides is 3. The Morgan fingerprint density at radius 1 is 1.03 bits per heavy atom. The van der Waals surface area contributed by atoms with Gasteiger partial charge in [0.15, 0.2) is 11.6 Å². The van der Waals surface area contributed by atoms with Crippen LogP contribution in [-0.4, -0.2) is 28.9 Å². The van der Waals surface area contributed by atoms with Crippen molar-refractivity contribution >= 4 is 29.0 Å². The molecule has 0 atom stereocenters. The van der Waals surface area contributed by atoms with Gasteiger partial charge in [0.1, 0.15) is 5.82 Å². The first-order chi connectivity index (χ1) is 13.4. The quantitative estimate of drug-likeness (QED) is 0.395. The Morgan fingerprint density at radius 2 is 1.62 bits per heavy atom. The average molecular weight is 418 g/mol. The second kappa shape index (κ2) is 9.13. The van der Waals surface area contributed by atoms with E-state index in [-0.39, 0.29) is 5.69 Å². The Balaban J connectivity index is 0.00000204. The molecule has 0 radical (unpaired) electrons. The molecule has 2 aromatic carbocycles. The molecular weight excluding hydrogens is 403 g/mol. The van der Waals surface area contributed by atoms with Crippen LogP contribution in [0.15, 0.2) is 30.3 Å². The number of hydrogen-bond donors (Lipinski definition) is 3. The fourth-order valence-corrected chi connectivity index (χ4v) is 2.08. The highest BCUT2D eigenvalue weighted by Crippen LogP contribution is 2.27. The van der Waals surface area contributed by atoms with Gasteiger partial charge in [-0.25, -0.2) is 13.6 Å². The zero-order valence-corrected chi connectivity index (χ0v) is 15.0. The third kappa shape index (κ3) is 5.27. The lowest BCUT2D eigenvalue weighted by atomic mass is 9.99. The van der Waals surface area contributed by atoms with E-state index in [2.05, 4.69) is 0 Å². The summed E-state index contributed by atoms with van der Waals surface area (Å²) in [6, 6.07) is 3.76. The lowest BCUT2D eigenvalue weighted by Crippen LogP contribution is -2.30. The monoisotopic (exact) mass is 418 g/mol. The molecule has 4 N–H and O–H groups in total. The Labute approximate surface area is 161 Å². The van der Waals surface area contributed by atoms with Crippen LogP contribution in [0, 0.1) is 11.6 Å². The maximum atomic E-state index is 14.4. The third-order valence-electron chi connectivity index (χ3n) is 3.37. The van der Waals surface area contributed by atoms with Crippen molar-refractivity contribution in [2.24, 2.45) is 0 Å². The molecule has 6 nitrogen and oxygen atoms in total. The average Bonchev–Trinajstić information content (AvgIpc) is 2.65. The molecule has 11 heteroatoms. The maximum absolute atomic E-state index is 14.4. The molecule has 2 aromatic rings. The van der Waals surface area contributed by atoms with Crippen molar-refractivity contribution in [2.45, 2.75) is 20.0 Å². The Hall–Kier alpha value is -3.50. The normalized spacial score (nSPS) is 10.6. The summed E-state index contributed by atoms with van der Waals surface area (Å²) in [6.07, 6.45) is -5.33. The van der Waals surface area contributed by atoms with E-state index in [1.54, 1.807) is 0 Å². The molecule has 0 aromatic heterocycles. The minimum absolute atomic E-state index is 0.216. The Morgan fingerprint density at radius 3 is 2.14 bits per heavy atom. The van der Waals surface area contributed by atoms with Crippen molar-refractivity contribution in [1.82, 2.24) is 0 Å². The van der Waals surface area contributed by atoms with E-state index in [9.17, 15) is 36.3 Å². The van der Waals surface area contributed by atoms with Gasteiger partial charge in [-0.15, -0.1) is 0 Å². The SMILES string of the molecule is CC.Nc1ccc(C(=O)c2c(F)ccc(NC(=O)C(F)(F)F)c2F)cc1C(=O)O. The minimum atomic E-state index is -5.33. The molecule has 0 spiro atoms. The summed E-state index contributed by atoms with van der Waals surface area (Å²) < 4.78 is 65.2. The van der Waals surface area contributed by atoms with Gasteiger partial charge in [0.2, 0.25) is 0 Å². The highest BCUT2D eigenvalue weighted by atomic mass is 19.4. The number of rotatable bonds is 4. The second-order valence-corrected chi connectivity index (χ2v) is 5.17. The largest absolute Gasteiger partial charge is 0.478 e. The molecule has 0 aliphatic heterocycles. The molecule has 2 rings (SSSR count). The summed E-state index contributed by atoms with van der Waals surface area (Å²) in [5.41, 5.74) is 1.87. The van der Waals surface area contributed by atoms with E-state index in [1.807, 2.05) is 13.8 Å². The zero-order chi connectivity index (χ0) is 22.5. The van der Waals surface area contributed by atoms with E-state index in [0.717, 1.165) is 18.2 Å². The van der Waals surface area contributed by atoms with Crippen LogP contribution in [0.1, 0.15) is 40.1 Å². The molecule has 0 saturated carbocycles. The number of aromatic carboxylic acids is 1. The van der Waals surface area contributed by atoms with Crippen LogP contribution in [0.2, 0.25) is 0 Å². The summed E-state index contributed by atoms with van der Waals surface area (Å²) in [7, 11) is 0. The Bertz CT molecular complexity index is 958. The number of carbonyl (C=O) groups is 3. The van der Waals surface area contributed by atoms with E-state index in [4.69, 9.17) is 10.8 Å². The van der Waals surface area contributed by atoms with E-state index >= 15 is 0 Å². The van der Waals surface area contributed by atoms with Gasteiger partial charge in [0.05, 0.1) is 16.8 Å². The number of halogens is 5. The molecule has 0 bridgehead atoms. The number of nitrogens with one attached hydrogen (secondary N) is 1. The van der Waals surface area contributed by atoms with Crippen molar-refractivity contribution in [3.8, 4) is 0 Å². The minimum Gasteiger partial charge on any atom is -0.478 e. The lowest BCUT2D eigenvalue weighted by Gasteiger charge is -2.12. The van der Waals surface area contributed by atoms with Crippen LogP contribution < -0.4 is 11.1 Å². The van der Waals surface area contributed by atoms with Crippen LogP contribution >= 0.6 is 0 Å². The van der Waals surface area contributed by atoms with Crippen molar-refractivity contribution in [1.29, 1.82) is 0 Å². The standard InChI is InChI=1S/C16H9F5N2O4.C2H6/c17-8-2-4-10(23-15(27)16(19,20)21)12(18)11(8)13(24)6-1-3-9(22)7(5-6)14(25)26;1-2/h1-5H,22H2,(H,23,27)(H,25,26);1-2H3. The number of carbonyl (C=O) groups excluding carboxylic acids is 2. The molecule has 1 amide bonds. The molecule has 29 heavy (non-hydrogen) atoms. The molecule has 0 heterocycles. The van der Waals surface area contributed by atoms with Crippen LogP contribution in [-0.2, 0) is 4.79 Å². The summed E-state index contributed by atoms with van der Waals surface area (Å²) >= 11 is 0. The van der Waals surface area contributed by atoms with Crippen LogP contribution in [0.25, 0.3) is 0 Å². The van der Waals surface area contributed by atoms with Gasteiger partial charge in [-0.05, 0) is 30.3 Å².